The van der Waals surface area contributed by atoms with Gasteiger partial charge in [-0.25, -0.2) is 0 Å². The molecule has 21 heavy (non-hydrogen) atoms. The molecule has 0 saturated carbocycles. The van der Waals surface area contributed by atoms with E-state index in [4.69, 9.17) is 0 Å². The minimum Gasteiger partial charge on any atom is -0.396 e. The molecule has 0 aliphatic rings. The molecule has 0 fully saturated rings. The molecule has 0 heterocycles. The molecule has 0 bridgehead atoms. The van der Waals surface area contributed by atoms with Crippen molar-refractivity contribution in [1.82, 2.24) is 0 Å². The van der Waals surface area contributed by atoms with Gasteiger partial charge in [-0.1, -0.05) is 56.7 Å². The number of hydrogen-bond donors (Lipinski definition) is 1. The van der Waals surface area contributed by atoms with E-state index < -0.39 is 0 Å². The van der Waals surface area contributed by atoms with Gasteiger partial charge in [-0.15, -0.1) is 0 Å². The van der Waals surface area contributed by atoms with E-state index in [2.05, 4.69) is 68.1 Å². The molecule has 2 aromatic rings. The molecule has 2 aromatic carbocycles. The van der Waals surface area contributed by atoms with Crippen molar-refractivity contribution in [3.63, 3.8) is 0 Å². The number of hydrogen-bond acceptors (Lipinski definition) is 2. The van der Waals surface area contributed by atoms with Gasteiger partial charge in [0.1, 0.15) is 0 Å². The van der Waals surface area contributed by atoms with E-state index in [1.165, 1.54) is 16.5 Å². The van der Waals surface area contributed by atoms with Crippen LogP contribution in [0.3, 0.4) is 0 Å². The third-order valence-corrected chi connectivity index (χ3v) is 4.30. The summed E-state index contributed by atoms with van der Waals surface area (Å²) in [7, 11) is 0. The fraction of sp³-hybridized carbons (Fsp3) is 0.474. The van der Waals surface area contributed by atoms with Gasteiger partial charge in [0.2, 0.25) is 0 Å². The van der Waals surface area contributed by atoms with Gasteiger partial charge in [-0.2, -0.15) is 0 Å². The van der Waals surface area contributed by atoms with Crippen LogP contribution in [0.25, 0.3) is 10.8 Å². The maximum Gasteiger partial charge on any atom is 0.0501 e. The second-order valence-electron chi connectivity index (χ2n) is 6.23. The summed E-state index contributed by atoms with van der Waals surface area (Å²) < 4.78 is 0. The molecule has 1 atom stereocenters. The molecule has 2 rings (SSSR count). The van der Waals surface area contributed by atoms with Crippen molar-refractivity contribution in [3.05, 3.63) is 42.5 Å². The van der Waals surface area contributed by atoms with Gasteiger partial charge in [-0.05, 0) is 24.8 Å². The number of aliphatic hydroxyl groups is 1. The Bertz CT molecular complexity index is 575. The second kappa shape index (κ2) is 6.95. The summed E-state index contributed by atoms with van der Waals surface area (Å²) in [4.78, 5) is 2.40. The molecule has 2 nitrogen and oxygen atoms in total. The first-order valence-electron chi connectivity index (χ1n) is 7.97. The van der Waals surface area contributed by atoms with Gasteiger partial charge in [-0.3, -0.25) is 0 Å². The van der Waals surface area contributed by atoms with Crippen molar-refractivity contribution in [2.45, 2.75) is 33.6 Å². The summed E-state index contributed by atoms with van der Waals surface area (Å²) in [6.07, 6.45) is 2.15. The Kier molecular flexibility index (Phi) is 5.24. The lowest BCUT2D eigenvalue weighted by Gasteiger charge is -2.35. The summed E-state index contributed by atoms with van der Waals surface area (Å²) in [5.74, 6) is 0. The average molecular weight is 285 g/mol. The lowest BCUT2D eigenvalue weighted by Crippen LogP contribution is -2.38. The summed E-state index contributed by atoms with van der Waals surface area (Å²) in [5, 5.41) is 12.4. The molecule has 2 heteroatoms. The molecule has 114 valence electrons. The maximum absolute atomic E-state index is 9.79. The number of aliphatic hydroxyl groups excluding tert-OH is 1. The maximum atomic E-state index is 9.79. The first-order valence-corrected chi connectivity index (χ1v) is 7.97. The van der Waals surface area contributed by atoms with Crippen LogP contribution in [-0.2, 0) is 0 Å². The van der Waals surface area contributed by atoms with Gasteiger partial charge in [0.15, 0.2) is 0 Å². The number of anilines is 1. The van der Waals surface area contributed by atoms with Gasteiger partial charge in [0.05, 0.1) is 6.61 Å². The van der Waals surface area contributed by atoms with Crippen molar-refractivity contribution < 1.29 is 5.11 Å². The summed E-state index contributed by atoms with van der Waals surface area (Å²) in [6.45, 7) is 8.63. The number of benzene rings is 2. The highest BCUT2D eigenvalue weighted by atomic mass is 16.3. The van der Waals surface area contributed by atoms with Gasteiger partial charge >= 0.3 is 0 Å². The highest BCUT2D eigenvalue weighted by Crippen LogP contribution is 2.31. The van der Waals surface area contributed by atoms with Crippen LogP contribution in [0, 0.1) is 5.41 Å². The summed E-state index contributed by atoms with van der Waals surface area (Å²) in [6, 6.07) is 15.0. The normalized spacial score (nSPS) is 14.1. The van der Waals surface area contributed by atoms with E-state index in [-0.39, 0.29) is 12.0 Å². The van der Waals surface area contributed by atoms with E-state index in [9.17, 15) is 5.11 Å². The van der Waals surface area contributed by atoms with Gasteiger partial charge in [0, 0.05) is 29.6 Å². The Hall–Kier alpha value is -1.54. The lowest BCUT2D eigenvalue weighted by molar-refractivity contribution is 0.137. The number of rotatable bonds is 7. The first-order chi connectivity index (χ1) is 10.1. The predicted molar refractivity (Wildman–Crippen MR) is 91.9 cm³/mol. The molecule has 0 radical (unpaired) electrons. The Balaban J connectivity index is 2.35. The molecule has 0 aliphatic heterocycles. The molecular weight excluding hydrogens is 258 g/mol. The zero-order valence-electron chi connectivity index (χ0n) is 13.5. The largest absolute Gasteiger partial charge is 0.396 e. The molecule has 1 N–H and O–H groups in total. The third-order valence-electron chi connectivity index (χ3n) is 4.30. The van der Waals surface area contributed by atoms with Crippen LogP contribution in [-0.4, -0.2) is 24.8 Å². The quantitative estimate of drug-likeness (QED) is 0.811. The molecule has 0 saturated heterocycles. The molecule has 1 unspecified atom stereocenters. The highest BCUT2D eigenvalue weighted by molar-refractivity contribution is 5.94. The van der Waals surface area contributed by atoms with Crippen LogP contribution in [0.4, 0.5) is 5.69 Å². The van der Waals surface area contributed by atoms with Crippen molar-refractivity contribution >= 4 is 16.5 Å². The Morgan fingerprint density at radius 2 is 1.76 bits per heavy atom. The lowest BCUT2D eigenvalue weighted by atomic mass is 9.85. The Labute approximate surface area is 128 Å². The molecule has 0 amide bonds. The minimum atomic E-state index is -0.0400. The molecule has 0 spiro atoms. The Morgan fingerprint density at radius 1 is 1.05 bits per heavy atom. The topological polar surface area (TPSA) is 23.5 Å². The SMILES string of the molecule is CCCC(C)(CO)CN(CC)c1cccc2ccccc12. The van der Waals surface area contributed by atoms with E-state index in [1.807, 2.05) is 0 Å². The molecule has 0 aromatic heterocycles. The zero-order valence-corrected chi connectivity index (χ0v) is 13.5. The highest BCUT2D eigenvalue weighted by Gasteiger charge is 2.25. The fourth-order valence-electron chi connectivity index (χ4n) is 3.12. The monoisotopic (exact) mass is 285 g/mol. The van der Waals surface area contributed by atoms with E-state index in [0.29, 0.717) is 0 Å². The van der Waals surface area contributed by atoms with Gasteiger partial charge in [0.25, 0.3) is 0 Å². The fourth-order valence-corrected chi connectivity index (χ4v) is 3.12. The van der Waals surface area contributed by atoms with E-state index >= 15 is 0 Å². The van der Waals surface area contributed by atoms with Crippen molar-refractivity contribution in [2.75, 3.05) is 24.6 Å². The molecule has 0 aliphatic carbocycles. The number of fused-ring (bicyclic) bond motifs is 1. The van der Waals surface area contributed by atoms with Crippen LogP contribution in [0.5, 0.6) is 0 Å². The standard InChI is InChI=1S/C19H27NO/c1-4-13-19(3,15-21)14-20(5-2)18-12-8-10-16-9-6-7-11-17(16)18/h6-12,21H,4-5,13-15H2,1-3H3. The summed E-state index contributed by atoms with van der Waals surface area (Å²) in [5.41, 5.74) is 1.23. The van der Waals surface area contributed by atoms with Crippen LogP contribution in [0.15, 0.2) is 42.5 Å². The van der Waals surface area contributed by atoms with Crippen molar-refractivity contribution in [3.8, 4) is 0 Å². The van der Waals surface area contributed by atoms with Crippen LogP contribution >= 0.6 is 0 Å². The van der Waals surface area contributed by atoms with Gasteiger partial charge < -0.3 is 10.0 Å². The van der Waals surface area contributed by atoms with E-state index in [1.54, 1.807) is 0 Å². The van der Waals surface area contributed by atoms with Crippen LogP contribution in [0.1, 0.15) is 33.6 Å². The summed E-state index contributed by atoms with van der Waals surface area (Å²) >= 11 is 0. The van der Waals surface area contributed by atoms with E-state index in [0.717, 1.165) is 25.9 Å². The average Bonchev–Trinajstić information content (AvgIpc) is 2.52. The van der Waals surface area contributed by atoms with Crippen LogP contribution < -0.4 is 4.90 Å². The third kappa shape index (κ3) is 3.56. The zero-order chi connectivity index (χ0) is 15.3. The van der Waals surface area contributed by atoms with Crippen molar-refractivity contribution in [1.29, 1.82) is 0 Å². The van der Waals surface area contributed by atoms with Crippen LogP contribution in [0.2, 0.25) is 0 Å². The minimum absolute atomic E-state index is 0.0400. The van der Waals surface area contributed by atoms with Crippen molar-refractivity contribution in [2.24, 2.45) is 5.41 Å². The Morgan fingerprint density at radius 3 is 2.43 bits per heavy atom. The predicted octanol–water partition coefficient (Wildman–Crippen LogP) is 4.46. The second-order valence-corrected chi connectivity index (χ2v) is 6.23. The first kappa shape index (κ1) is 15.8. The smallest absolute Gasteiger partial charge is 0.0501 e. The number of nitrogens with zero attached hydrogens (tertiary/aromatic N) is 1. The molecular formula is C19H27NO.